The number of amides is 2. The summed E-state index contributed by atoms with van der Waals surface area (Å²) in [4.78, 5) is 26.8. The van der Waals surface area contributed by atoms with Gasteiger partial charge in [0.05, 0.1) is 0 Å². The van der Waals surface area contributed by atoms with E-state index in [0.717, 1.165) is 12.8 Å². The number of aryl methyl sites for hydroxylation is 1. The average Bonchev–Trinajstić information content (AvgIpc) is 3.14. The zero-order valence-corrected chi connectivity index (χ0v) is 14.4. The van der Waals surface area contributed by atoms with Gasteiger partial charge in [0.25, 0.3) is 5.91 Å². The highest BCUT2D eigenvalue weighted by molar-refractivity contribution is 5.99. The fraction of sp³-hybridized carbons (Fsp3) is 0.389. The van der Waals surface area contributed by atoms with Crippen molar-refractivity contribution in [2.75, 3.05) is 25.2 Å². The molecule has 1 N–H and O–H groups in total. The van der Waals surface area contributed by atoms with Crippen molar-refractivity contribution in [3.05, 3.63) is 35.6 Å². The van der Waals surface area contributed by atoms with Gasteiger partial charge in [-0.15, -0.1) is 0 Å². The molecule has 1 aromatic carbocycles. The molecule has 1 aliphatic heterocycles. The first-order valence-electron chi connectivity index (χ1n) is 8.50. The molecule has 0 atom stereocenters. The molecule has 2 heterocycles. The van der Waals surface area contributed by atoms with Crippen LogP contribution in [0.4, 0.5) is 5.82 Å². The van der Waals surface area contributed by atoms with Crippen LogP contribution in [0.25, 0.3) is 0 Å². The van der Waals surface area contributed by atoms with E-state index in [1.807, 2.05) is 0 Å². The van der Waals surface area contributed by atoms with Crippen LogP contribution in [-0.2, 0) is 4.79 Å². The van der Waals surface area contributed by atoms with Gasteiger partial charge < -0.3 is 24.2 Å². The molecular formula is C18H19N3O5. The monoisotopic (exact) mass is 357 g/mol. The minimum atomic E-state index is -0.312. The number of carbonyl (C=O) groups excluding carboxylic acids is 2. The lowest BCUT2D eigenvalue weighted by molar-refractivity contribution is -0.117. The average molecular weight is 357 g/mol. The topological polar surface area (TPSA) is 93.9 Å². The van der Waals surface area contributed by atoms with Crippen molar-refractivity contribution in [2.45, 2.75) is 19.8 Å². The first kappa shape index (κ1) is 16.4. The second kappa shape index (κ2) is 6.70. The van der Waals surface area contributed by atoms with Crippen LogP contribution in [-0.4, -0.2) is 41.8 Å². The number of hydrogen-bond donors (Lipinski definition) is 1. The van der Waals surface area contributed by atoms with E-state index < -0.39 is 0 Å². The Kier molecular flexibility index (Phi) is 4.24. The van der Waals surface area contributed by atoms with E-state index in [1.165, 1.54) is 0 Å². The maximum Gasteiger partial charge on any atom is 0.254 e. The van der Waals surface area contributed by atoms with E-state index in [9.17, 15) is 9.59 Å². The van der Waals surface area contributed by atoms with Crippen molar-refractivity contribution >= 4 is 17.6 Å². The number of aromatic nitrogens is 1. The van der Waals surface area contributed by atoms with Gasteiger partial charge in [-0.25, -0.2) is 0 Å². The third kappa shape index (κ3) is 3.63. The Balaban J connectivity index is 1.46. The van der Waals surface area contributed by atoms with Gasteiger partial charge in [-0.3, -0.25) is 9.59 Å². The normalized spacial score (nSPS) is 15.0. The zero-order chi connectivity index (χ0) is 18.1. The first-order valence-corrected chi connectivity index (χ1v) is 8.50. The smallest absolute Gasteiger partial charge is 0.254 e. The van der Waals surface area contributed by atoms with Crippen molar-refractivity contribution in [2.24, 2.45) is 5.92 Å². The lowest BCUT2D eigenvalue weighted by atomic mass is 10.1. The summed E-state index contributed by atoms with van der Waals surface area (Å²) < 4.78 is 15.5. The van der Waals surface area contributed by atoms with Crippen LogP contribution in [0.1, 0.15) is 29.0 Å². The molecule has 1 saturated carbocycles. The lowest BCUT2D eigenvalue weighted by Gasteiger charge is -2.22. The van der Waals surface area contributed by atoms with Crippen LogP contribution in [0.2, 0.25) is 0 Å². The summed E-state index contributed by atoms with van der Waals surface area (Å²) in [7, 11) is 0. The molecule has 2 aliphatic rings. The molecule has 8 heteroatoms. The molecule has 2 amide bonds. The molecule has 0 saturated heterocycles. The molecule has 1 fully saturated rings. The molecule has 0 radical (unpaired) electrons. The summed E-state index contributed by atoms with van der Waals surface area (Å²) in [6, 6.07) is 6.68. The third-order valence-corrected chi connectivity index (χ3v) is 4.31. The number of carbonyl (C=O) groups is 2. The maximum atomic E-state index is 12.9. The minimum Gasteiger partial charge on any atom is -0.454 e. The van der Waals surface area contributed by atoms with Crippen molar-refractivity contribution in [1.82, 2.24) is 10.1 Å². The van der Waals surface area contributed by atoms with Crippen molar-refractivity contribution in [3.8, 4) is 11.5 Å². The van der Waals surface area contributed by atoms with E-state index in [2.05, 4.69) is 10.5 Å². The first-order chi connectivity index (χ1) is 12.6. The van der Waals surface area contributed by atoms with Gasteiger partial charge in [0, 0.05) is 18.2 Å². The standard InChI is InChI=1S/C18H19N3O5/c1-11-6-16(20-26-11)19-17(22)9-21(8-12-2-3-12)18(23)13-4-5-14-15(7-13)25-10-24-14/h4-7,12H,2-3,8-10H2,1H3,(H,19,20,22). The molecule has 8 nitrogen and oxygen atoms in total. The molecular weight excluding hydrogens is 338 g/mol. The number of nitrogens with zero attached hydrogens (tertiary/aromatic N) is 2. The second-order valence-electron chi connectivity index (χ2n) is 6.57. The Morgan fingerprint density at radius 1 is 1.23 bits per heavy atom. The Hall–Kier alpha value is -3.03. The van der Waals surface area contributed by atoms with Gasteiger partial charge >= 0.3 is 0 Å². The number of fused-ring (bicyclic) bond motifs is 1. The highest BCUT2D eigenvalue weighted by Gasteiger charge is 2.29. The molecule has 1 aromatic heterocycles. The third-order valence-electron chi connectivity index (χ3n) is 4.31. The van der Waals surface area contributed by atoms with E-state index in [-0.39, 0.29) is 25.2 Å². The zero-order valence-electron chi connectivity index (χ0n) is 14.4. The fourth-order valence-corrected chi connectivity index (χ4v) is 2.82. The number of hydrogen-bond acceptors (Lipinski definition) is 6. The van der Waals surface area contributed by atoms with Crippen LogP contribution >= 0.6 is 0 Å². The maximum absolute atomic E-state index is 12.9. The molecule has 2 aromatic rings. The molecule has 0 bridgehead atoms. The highest BCUT2D eigenvalue weighted by atomic mass is 16.7. The van der Waals surface area contributed by atoms with Gasteiger partial charge in [-0.2, -0.15) is 0 Å². The van der Waals surface area contributed by atoms with Crippen molar-refractivity contribution < 1.29 is 23.6 Å². The van der Waals surface area contributed by atoms with E-state index in [0.29, 0.717) is 41.1 Å². The number of ether oxygens (including phenoxy) is 2. The van der Waals surface area contributed by atoms with Gasteiger partial charge in [-0.1, -0.05) is 5.16 Å². The quantitative estimate of drug-likeness (QED) is 0.852. The Bertz CT molecular complexity index is 843. The predicted octanol–water partition coefficient (Wildman–Crippen LogP) is 2.20. The number of rotatable bonds is 6. The van der Waals surface area contributed by atoms with Gasteiger partial charge in [0.1, 0.15) is 12.3 Å². The Morgan fingerprint density at radius 3 is 2.77 bits per heavy atom. The molecule has 26 heavy (non-hydrogen) atoms. The van der Waals surface area contributed by atoms with Crippen LogP contribution in [0.15, 0.2) is 28.8 Å². The van der Waals surface area contributed by atoms with Crippen molar-refractivity contribution in [1.29, 1.82) is 0 Å². The summed E-state index contributed by atoms with van der Waals surface area (Å²) in [6.07, 6.45) is 2.16. The number of nitrogens with one attached hydrogen (secondary N) is 1. The Labute approximate surface area is 150 Å². The molecule has 0 spiro atoms. The molecule has 4 rings (SSSR count). The Morgan fingerprint density at radius 2 is 2.04 bits per heavy atom. The van der Waals surface area contributed by atoms with E-state index in [4.69, 9.17) is 14.0 Å². The summed E-state index contributed by atoms with van der Waals surface area (Å²) in [5.41, 5.74) is 0.472. The summed E-state index contributed by atoms with van der Waals surface area (Å²) in [6.45, 7) is 2.40. The molecule has 136 valence electrons. The SMILES string of the molecule is Cc1cc(NC(=O)CN(CC2CC2)C(=O)c2ccc3c(c2)OCO3)no1. The fourth-order valence-electron chi connectivity index (χ4n) is 2.82. The van der Waals surface area contributed by atoms with Crippen LogP contribution in [0.3, 0.4) is 0 Å². The van der Waals surface area contributed by atoms with Gasteiger partial charge in [0.15, 0.2) is 17.3 Å². The summed E-state index contributed by atoms with van der Waals surface area (Å²) in [5.74, 6) is 2.05. The van der Waals surface area contributed by atoms with Crippen molar-refractivity contribution in [3.63, 3.8) is 0 Å². The number of anilines is 1. The van der Waals surface area contributed by atoms with Gasteiger partial charge in [-0.05, 0) is 43.9 Å². The largest absolute Gasteiger partial charge is 0.454 e. The second-order valence-corrected chi connectivity index (χ2v) is 6.57. The minimum absolute atomic E-state index is 0.0459. The van der Waals surface area contributed by atoms with Gasteiger partial charge in [0.2, 0.25) is 12.7 Å². The van der Waals surface area contributed by atoms with E-state index in [1.54, 1.807) is 36.1 Å². The predicted molar refractivity (Wildman–Crippen MR) is 91.1 cm³/mol. The van der Waals surface area contributed by atoms with Crippen LogP contribution in [0, 0.1) is 12.8 Å². The number of benzene rings is 1. The highest BCUT2D eigenvalue weighted by Crippen LogP contribution is 2.34. The van der Waals surface area contributed by atoms with Crippen LogP contribution < -0.4 is 14.8 Å². The summed E-state index contributed by atoms with van der Waals surface area (Å²) in [5, 5.41) is 6.39. The molecule has 1 aliphatic carbocycles. The van der Waals surface area contributed by atoms with Crippen LogP contribution in [0.5, 0.6) is 11.5 Å². The van der Waals surface area contributed by atoms with E-state index >= 15 is 0 Å². The summed E-state index contributed by atoms with van der Waals surface area (Å²) >= 11 is 0. The lowest BCUT2D eigenvalue weighted by Crippen LogP contribution is -2.39. The molecule has 0 unspecified atom stereocenters.